The van der Waals surface area contributed by atoms with Gasteiger partial charge in [0.15, 0.2) is 0 Å². The molecule has 3 nitrogen and oxygen atoms in total. The number of hydrogen-bond acceptors (Lipinski definition) is 1. The van der Waals surface area contributed by atoms with Gasteiger partial charge in [-0.25, -0.2) is 0 Å². The molecule has 10 rings (SSSR count). The first kappa shape index (κ1) is 28.3. The maximum absolute atomic E-state index is 4.83. The predicted octanol–water partition coefficient (Wildman–Crippen LogP) is 12.3. The van der Waals surface area contributed by atoms with E-state index in [2.05, 4.69) is 185 Å². The first-order valence-corrected chi connectivity index (χ1v) is 17.0. The Hall–Kier alpha value is -6.71. The van der Waals surface area contributed by atoms with Gasteiger partial charge < -0.3 is 9.13 Å². The maximum atomic E-state index is 4.83. The number of nitrogens with zero attached hydrogens (tertiary/aromatic N) is 3. The zero-order chi connectivity index (χ0) is 33.0. The van der Waals surface area contributed by atoms with Gasteiger partial charge in [-0.1, -0.05) is 115 Å². The summed E-state index contributed by atoms with van der Waals surface area (Å²) >= 11 is 0. The second-order valence-electron chi connectivity index (χ2n) is 12.9. The standard InChI is InChI=1S/C47H31N3/c1-3-11-32(12-4-1)34-20-24-38(25-21-34)49-45-19-10-28-48-47(45)41-26-22-37(31-46(41)49)36-23-27-44-42(30-36)40-17-7-8-18-43(40)50(44)39-16-9-15-35(29-39)33-13-5-2-6-14-33/h1-31H. The van der Waals surface area contributed by atoms with Crippen molar-refractivity contribution in [3.63, 3.8) is 0 Å². The lowest BCUT2D eigenvalue weighted by Gasteiger charge is -2.11. The molecule has 7 aromatic carbocycles. The summed E-state index contributed by atoms with van der Waals surface area (Å²) in [7, 11) is 0. The second-order valence-corrected chi connectivity index (χ2v) is 12.9. The fraction of sp³-hybridized carbons (Fsp3) is 0. The lowest BCUT2D eigenvalue weighted by atomic mass is 10.0. The summed E-state index contributed by atoms with van der Waals surface area (Å²) in [6.45, 7) is 0. The van der Waals surface area contributed by atoms with Gasteiger partial charge in [0, 0.05) is 33.7 Å². The maximum Gasteiger partial charge on any atom is 0.0963 e. The Kier molecular flexibility index (Phi) is 6.49. The average molecular weight is 638 g/mol. The molecule has 234 valence electrons. The van der Waals surface area contributed by atoms with E-state index in [1.54, 1.807) is 0 Å². The summed E-state index contributed by atoms with van der Waals surface area (Å²) in [5.41, 5.74) is 15.1. The van der Waals surface area contributed by atoms with Gasteiger partial charge in [0.2, 0.25) is 0 Å². The molecule has 0 aliphatic carbocycles. The summed E-state index contributed by atoms with van der Waals surface area (Å²) in [5, 5.41) is 3.63. The van der Waals surface area contributed by atoms with Crippen LogP contribution in [-0.2, 0) is 0 Å². The van der Waals surface area contributed by atoms with Gasteiger partial charge >= 0.3 is 0 Å². The Morgan fingerprint density at radius 1 is 0.300 bits per heavy atom. The van der Waals surface area contributed by atoms with E-state index in [-0.39, 0.29) is 0 Å². The molecule has 3 heteroatoms. The van der Waals surface area contributed by atoms with Crippen molar-refractivity contribution in [3.8, 4) is 44.8 Å². The van der Waals surface area contributed by atoms with E-state index < -0.39 is 0 Å². The quantitative estimate of drug-likeness (QED) is 0.184. The van der Waals surface area contributed by atoms with Crippen LogP contribution < -0.4 is 0 Å². The van der Waals surface area contributed by atoms with Crippen LogP contribution >= 0.6 is 0 Å². The van der Waals surface area contributed by atoms with Gasteiger partial charge in [0.1, 0.15) is 0 Å². The van der Waals surface area contributed by atoms with Crippen LogP contribution in [0.15, 0.2) is 188 Å². The number of fused-ring (bicyclic) bond motifs is 6. The van der Waals surface area contributed by atoms with E-state index >= 15 is 0 Å². The third-order valence-corrected chi connectivity index (χ3v) is 9.97. The minimum Gasteiger partial charge on any atom is -0.309 e. The molecule has 0 unspecified atom stereocenters. The lowest BCUT2D eigenvalue weighted by Crippen LogP contribution is -1.94. The number of rotatable bonds is 5. The van der Waals surface area contributed by atoms with Crippen LogP contribution in [0.4, 0.5) is 0 Å². The highest BCUT2D eigenvalue weighted by atomic mass is 15.0. The van der Waals surface area contributed by atoms with Crippen LogP contribution in [-0.4, -0.2) is 14.1 Å². The van der Waals surface area contributed by atoms with Crippen molar-refractivity contribution in [2.45, 2.75) is 0 Å². The van der Waals surface area contributed by atoms with E-state index in [0.29, 0.717) is 0 Å². The van der Waals surface area contributed by atoms with E-state index in [9.17, 15) is 0 Å². The molecule has 3 aromatic heterocycles. The molecular formula is C47H31N3. The summed E-state index contributed by atoms with van der Waals surface area (Å²) in [4.78, 5) is 4.83. The molecular weight excluding hydrogens is 607 g/mol. The fourth-order valence-corrected chi connectivity index (χ4v) is 7.61. The van der Waals surface area contributed by atoms with Gasteiger partial charge in [-0.3, -0.25) is 4.98 Å². The Bertz CT molecular complexity index is 2840. The average Bonchev–Trinajstić information content (AvgIpc) is 3.71. The van der Waals surface area contributed by atoms with Crippen molar-refractivity contribution >= 4 is 43.7 Å². The minimum absolute atomic E-state index is 1.01. The van der Waals surface area contributed by atoms with Crippen LogP contribution in [0.1, 0.15) is 0 Å². The first-order chi connectivity index (χ1) is 24.8. The molecule has 0 aliphatic heterocycles. The van der Waals surface area contributed by atoms with E-state index in [1.165, 1.54) is 55.2 Å². The van der Waals surface area contributed by atoms with E-state index in [4.69, 9.17) is 4.98 Å². The summed E-state index contributed by atoms with van der Waals surface area (Å²) < 4.78 is 4.74. The highest BCUT2D eigenvalue weighted by molar-refractivity contribution is 6.11. The van der Waals surface area contributed by atoms with Crippen LogP contribution in [0.2, 0.25) is 0 Å². The zero-order valence-electron chi connectivity index (χ0n) is 27.2. The summed E-state index contributed by atoms with van der Waals surface area (Å²) in [6.07, 6.45) is 1.89. The third-order valence-electron chi connectivity index (χ3n) is 9.97. The van der Waals surface area contributed by atoms with Crippen molar-refractivity contribution in [3.05, 3.63) is 188 Å². The number of benzene rings is 7. The Labute approximate surface area is 290 Å². The third kappa shape index (κ3) is 4.56. The normalized spacial score (nSPS) is 11.6. The molecule has 0 bridgehead atoms. The second kappa shape index (κ2) is 11.5. The molecule has 0 atom stereocenters. The van der Waals surface area contributed by atoms with Gasteiger partial charge in [0.05, 0.1) is 27.6 Å². The Morgan fingerprint density at radius 3 is 1.70 bits per heavy atom. The number of pyridine rings is 1. The molecule has 0 spiro atoms. The van der Waals surface area contributed by atoms with Crippen LogP contribution in [0.5, 0.6) is 0 Å². The highest BCUT2D eigenvalue weighted by Gasteiger charge is 2.17. The fourth-order valence-electron chi connectivity index (χ4n) is 7.61. The predicted molar refractivity (Wildman–Crippen MR) is 209 cm³/mol. The summed E-state index contributed by atoms with van der Waals surface area (Å²) in [5.74, 6) is 0. The molecule has 0 amide bonds. The Morgan fingerprint density at radius 2 is 0.880 bits per heavy atom. The molecule has 3 heterocycles. The van der Waals surface area contributed by atoms with Crippen LogP contribution in [0.25, 0.3) is 88.5 Å². The molecule has 0 N–H and O–H groups in total. The zero-order valence-corrected chi connectivity index (χ0v) is 27.2. The van der Waals surface area contributed by atoms with Crippen molar-refractivity contribution < 1.29 is 0 Å². The number of para-hydroxylation sites is 1. The van der Waals surface area contributed by atoms with Gasteiger partial charge in [-0.05, 0) is 100 Å². The van der Waals surface area contributed by atoms with Gasteiger partial charge in [0.25, 0.3) is 0 Å². The largest absolute Gasteiger partial charge is 0.309 e. The van der Waals surface area contributed by atoms with Gasteiger partial charge in [-0.15, -0.1) is 0 Å². The molecule has 10 aromatic rings. The topological polar surface area (TPSA) is 22.8 Å². The minimum atomic E-state index is 1.01. The molecule has 0 fully saturated rings. The number of hydrogen-bond donors (Lipinski definition) is 0. The molecule has 0 saturated heterocycles. The lowest BCUT2D eigenvalue weighted by molar-refractivity contribution is 1.18. The van der Waals surface area contributed by atoms with Crippen molar-refractivity contribution in [2.24, 2.45) is 0 Å². The smallest absolute Gasteiger partial charge is 0.0963 e. The van der Waals surface area contributed by atoms with Crippen molar-refractivity contribution in [2.75, 3.05) is 0 Å². The molecule has 0 saturated carbocycles. The SMILES string of the molecule is c1ccc(-c2ccc(-n3c4cc(-c5ccc6c(c5)c5ccccc5n6-c5cccc(-c6ccccc6)c5)ccc4c4ncccc43)cc2)cc1. The monoisotopic (exact) mass is 637 g/mol. The Balaban J connectivity index is 1.12. The van der Waals surface area contributed by atoms with E-state index in [0.717, 1.165) is 33.3 Å². The van der Waals surface area contributed by atoms with Crippen molar-refractivity contribution in [1.29, 1.82) is 0 Å². The van der Waals surface area contributed by atoms with Crippen molar-refractivity contribution in [1.82, 2.24) is 14.1 Å². The van der Waals surface area contributed by atoms with Crippen LogP contribution in [0.3, 0.4) is 0 Å². The molecule has 0 aliphatic rings. The van der Waals surface area contributed by atoms with E-state index in [1.807, 2.05) is 12.3 Å². The summed E-state index contributed by atoms with van der Waals surface area (Å²) in [6, 6.07) is 65.5. The first-order valence-electron chi connectivity index (χ1n) is 17.0. The molecule has 50 heavy (non-hydrogen) atoms. The molecule has 0 radical (unpaired) electrons. The van der Waals surface area contributed by atoms with Gasteiger partial charge in [-0.2, -0.15) is 0 Å². The number of aromatic nitrogens is 3. The van der Waals surface area contributed by atoms with Crippen LogP contribution in [0, 0.1) is 0 Å². The highest BCUT2D eigenvalue weighted by Crippen LogP contribution is 2.38.